The van der Waals surface area contributed by atoms with E-state index in [2.05, 4.69) is 38.8 Å². The molecule has 0 aliphatic heterocycles. The summed E-state index contributed by atoms with van der Waals surface area (Å²) in [5.74, 6) is 0.806. The predicted octanol–water partition coefficient (Wildman–Crippen LogP) is 6.31. The molecule has 1 heteroatoms. The third-order valence-corrected chi connectivity index (χ3v) is 5.37. The van der Waals surface area contributed by atoms with Gasteiger partial charge in [-0.3, -0.25) is 4.99 Å². The molecule has 1 fully saturated rings. The summed E-state index contributed by atoms with van der Waals surface area (Å²) in [6, 6.07) is 0. The average Bonchev–Trinajstić information content (AvgIpc) is 2.50. The highest BCUT2D eigenvalue weighted by Gasteiger charge is 2.32. The van der Waals surface area contributed by atoms with Crippen molar-refractivity contribution in [2.75, 3.05) is 0 Å². The molecule has 1 nitrogen and oxygen atoms in total. The average molecular weight is 275 g/mol. The minimum absolute atomic E-state index is 0.646. The topological polar surface area (TPSA) is 12.4 Å². The van der Waals surface area contributed by atoms with E-state index in [0.717, 1.165) is 12.3 Å². The quantitative estimate of drug-likeness (QED) is 0.397. The molecule has 0 aromatic heterocycles. The summed E-state index contributed by atoms with van der Waals surface area (Å²) in [6.07, 6.45) is 15.6. The van der Waals surface area contributed by atoms with Crippen LogP contribution in [0.3, 0.4) is 0 Å². The number of hydrogen-bond acceptors (Lipinski definition) is 1. The Hall–Kier alpha value is -0.850. The van der Waals surface area contributed by atoms with E-state index in [-0.39, 0.29) is 0 Å². The summed E-state index contributed by atoms with van der Waals surface area (Å²) in [4.78, 5) is 4.24. The normalized spacial score (nSPS) is 21.6. The molecule has 0 radical (unpaired) electrons. The van der Waals surface area contributed by atoms with E-state index in [1.54, 1.807) is 5.57 Å². The second kappa shape index (κ2) is 8.44. The highest BCUT2D eigenvalue weighted by molar-refractivity contribution is 5.54. The van der Waals surface area contributed by atoms with Gasteiger partial charge in [-0.05, 0) is 64.2 Å². The van der Waals surface area contributed by atoms with Crippen molar-refractivity contribution in [3.05, 3.63) is 23.4 Å². The van der Waals surface area contributed by atoms with E-state index in [4.69, 9.17) is 0 Å². The summed E-state index contributed by atoms with van der Waals surface area (Å²) in [5.41, 5.74) is 3.65. The molecule has 114 valence electrons. The van der Waals surface area contributed by atoms with Crippen LogP contribution in [0.1, 0.15) is 79.6 Å². The van der Waals surface area contributed by atoms with Gasteiger partial charge in [0.25, 0.3) is 0 Å². The Morgan fingerprint density at radius 1 is 1.15 bits per heavy atom. The highest BCUT2D eigenvalue weighted by Crippen LogP contribution is 2.46. The first-order chi connectivity index (χ1) is 9.60. The molecule has 0 atom stereocenters. The molecular weight excluding hydrogens is 242 g/mol. The maximum atomic E-state index is 4.24. The first kappa shape index (κ1) is 17.2. The van der Waals surface area contributed by atoms with Gasteiger partial charge in [-0.25, -0.2) is 0 Å². The van der Waals surface area contributed by atoms with E-state index in [1.807, 2.05) is 19.3 Å². The van der Waals surface area contributed by atoms with Crippen molar-refractivity contribution in [2.24, 2.45) is 16.3 Å². The first-order valence-electron chi connectivity index (χ1n) is 8.39. The maximum Gasteiger partial charge on any atom is 0.0256 e. The number of rotatable bonds is 6. The van der Waals surface area contributed by atoms with E-state index in [1.165, 1.54) is 44.1 Å². The summed E-state index contributed by atoms with van der Waals surface area (Å²) in [7, 11) is 0. The Kier molecular flexibility index (Phi) is 7.26. The molecule has 0 saturated heterocycles. The lowest BCUT2D eigenvalue weighted by atomic mass is 9.66. The Labute approximate surface area is 126 Å². The monoisotopic (exact) mass is 275 g/mol. The van der Waals surface area contributed by atoms with E-state index >= 15 is 0 Å². The van der Waals surface area contributed by atoms with Crippen LogP contribution in [-0.2, 0) is 0 Å². The van der Waals surface area contributed by atoms with Gasteiger partial charge in [-0.15, -0.1) is 0 Å². The van der Waals surface area contributed by atoms with Crippen molar-refractivity contribution in [3.63, 3.8) is 0 Å². The lowest BCUT2D eigenvalue weighted by Gasteiger charge is -2.40. The third kappa shape index (κ3) is 4.61. The Morgan fingerprint density at radius 2 is 1.75 bits per heavy atom. The molecule has 0 unspecified atom stereocenters. The number of allylic oxidation sites excluding steroid dienone is 3. The predicted molar refractivity (Wildman–Crippen MR) is 91.3 cm³/mol. The number of hydrogen-bond donors (Lipinski definition) is 0. The molecule has 0 bridgehead atoms. The fourth-order valence-corrected chi connectivity index (χ4v) is 3.61. The number of nitrogens with zero attached hydrogens (tertiary/aromatic N) is 1. The van der Waals surface area contributed by atoms with Gasteiger partial charge >= 0.3 is 0 Å². The van der Waals surface area contributed by atoms with Crippen molar-refractivity contribution in [1.82, 2.24) is 0 Å². The van der Waals surface area contributed by atoms with E-state index in [9.17, 15) is 0 Å². The second-order valence-corrected chi connectivity index (χ2v) is 6.40. The van der Waals surface area contributed by atoms with Crippen LogP contribution in [0.4, 0.5) is 0 Å². The highest BCUT2D eigenvalue weighted by atomic mass is 14.7. The molecule has 1 aliphatic rings. The van der Waals surface area contributed by atoms with Crippen molar-refractivity contribution >= 4 is 6.21 Å². The van der Waals surface area contributed by atoms with Crippen LogP contribution in [0.5, 0.6) is 0 Å². The van der Waals surface area contributed by atoms with Crippen molar-refractivity contribution in [2.45, 2.75) is 79.6 Å². The van der Waals surface area contributed by atoms with Gasteiger partial charge in [0.15, 0.2) is 0 Å². The van der Waals surface area contributed by atoms with Crippen molar-refractivity contribution in [1.29, 1.82) is 0 Å². The van der Waals surface area contributed by atoms with Crippen molar-refractivity contribution in [3.8, 4) is 0 Å². The lowest BCUT2D eigenvalue weighted by molar-refractivity contribution is 0.147. The second-order valence-electron chi connectivity index (χ2n) is 6.40. The minimum Gasteiger partial charge on any atom is -0.269 e. The molecule has 0 N–H and O–H groups in total. The number of aliphatic imine (C=N–C) groups is 1. The van der Waals surface area contributed by atoms with Gasteiger partial charge in [0.1, 0.15) is 0 Å². The fraction of sp³-hybridized carbons (Fsp3) is 0.737. The van der Waals surface area contributed by atoms with Crippen LogP contribution in [0.25, 0.3) is 0 Å². The Morgan fingerprint density at radius 3 is 2.20 bits per heavy atom. The summed E-state index contributed by atoms with van der Waals surface area (Å²) >= 11 is 0. The molecule has 0 heterocycles. The minimum atomic E-state index is 0.646. The molecule has 0 spiro atoms. The zero-order valence-electron chi connectivity index (χ0n) is 14.2. The van der Waals surface area contributed by atoms with Crippen molar-refractivity contribution < 1.29 is 0 Å². The van der Waals surface area contributed by atoms with Gasteiger partial charge in [-0.1, -0.05) is 43.9 Å². The largest absolute Gasteiger partial charge is 0.269 e. The van der Waals surface area contributed by atoms with Crippen LogP contribution in [0.15, 0.2) is 28.4 Å². The smallest absolute Gasteiger partial charge is 0.0256 e. The first-order valence-corrected chi connectivity index (χ1v) is 8.39. The Bertz CT molecular complexity index is 359. The van der Waals surface area contributed by atoms with Gasteiger partial charge in [0.05, 0.1) is 0 Å². The fourth-order valence-electron chi connectivity index (χ4n) is 3.61. The molecular formula is C19H33N. The third-order valence-electron chi connectivity index (χ3n) is 5.37. The summed E-state index contributed by atoms with van der Waals surface area (Å²) in [6.45, 7) is 11.1. The Balaban J connectivity index is 2.62. The van der Waals surface area contributed by atoms with E-state index in [0.29, 0.717) is 5.41 Å². The zero-order valence-corrected chi connectivity index (χ0v) is 14.2. The van der Waals surface area contributed by atoms with Crippen LogP contribution >= 0.6 is 0 Å². The lowest BCUT2D eigenvalue weighted by Crippen LogP contribution is -2.27. The van der Waals surface area contributed by atoms with Gasteiger partial charge in [0, 0.05) is 12.4 Å². The molecule has 20 heavy (non-hydrogen) atoms. The van der Waals surface area contributed by atoms with Gasteiger partial charge in [0.2, 0.25) is 0 Å². The molecule has 0 aromatic carbocycles. The van der Waals surface area contributed by atoms with E-state index < -0.39 is 0 Å². The zero-order chi connectivity index (χ0) is 15.0. The SMILES string of the molecule is CC=N/C=C(/C)C/C(=C\C)C1CCC(CC)(CC)CC1. The standard InChI is InChI=1S/C19H33N/c1-6-17(14-16(5)15-20-9-4)18-10-12-19(7-2,8-3)13-11-18/h6,9,15,18H,7-8,10-14H2,1-5H3/b16-15-,17-6+,20-9?. The molecule has 0 aromatic rings. The molecule has 0 amide bonds. The summed E-state index contributed by atoms with van der Waals surface area (Å²) in [5, 5.41) is 0. The molecule has 1 aliphatic carbocycles. The molecule has 1 saturated carbocycles. The van der Waals surface area contributed by atoms with Gasteiger partial charge < -0.3 is 0 Å². The maximum absolute atomic E-state index is 4.24. The van der Waals surface area contributed by atoms with Crippen LogP contribution < -0.4 is 0 Å². The van der Waals surface area contributed by atoms with Crippen LogP contribution in [-0.4, -0.2) is 6.21 Å². The van der Waals surface area contributed by atoms with Crippen LogP contribution in [0, 0.1) is 11.3 Å². The molecule has 1 rings (SSSR count). The van der Waals surface area contributed by atoms with Gasteiger partial charge in [-0.2, -0.15) is 0 Å². The van der Waals surface area contributed by atoms with Crippen LogP contribution in [0.2, 0.25) is 0 Å². The summed E-state index contributed by atoms with van der Waals surface area (Å²) < 4.78 is 0.